The summed E-state index contributed by atoms with van der Waals surface area (Å²) in [6, 6.07) is 7.96. The number of aliphatic carboxylic acids is 1. The first-order valence-corrected chi connectivity index (χ1v) is 7.84. The number of imidazole rings is 1. The van der Waals surface area contributed by atoms with Gasteiger partial charge in [-0.25, -0.2) is 4.98 Å². The fourth-order valence-corrected chi connectivity index (χ4v) is 2.87. The molecule has 1 aromatic carbocycles. The molecule has 6 nitrogen and oxygen atoms in total. The third kappa shape index (κ3) is 4.10. The third-order valence-electron chi connectivity index (χ3n) is 4.15. The van der Waals surface area contributed by atoms with Gasteiger partial charge in [0.25, 0.3) is 0 Å². The van der Waals surface area contributed by atoms with E-state index in [0.29, 0.717) is 13.2 Å². The lowest BCUT2D eigenvalue weighted by Crippen LogP contribution is -2.23. The van der Waals surface area contributed by atoms with Crippen LogP contribution in [0.15, 0.2) is 43.0 Å². The monoisotopic (exact) mass is 315 g/mol. The van der Waals surface area contributed by atoms with Crippen LogP contribution < -0.4 is 4.74 Å². The van der Waals surface area contributed by atoms with Crippen molar-refractivity contribution in [3.8, 4) is 5.75 Å². The van der Waals surface area contributed by atoms with E-state index >= 15 is 0 Å². The molecule has 1 aliphatic rings. The van der Waals surface area contributed by atoms with Crippen molar-refractivity contribution in [2.45, 2.75) is 19.5 Å². The summed E-state index contributed by atoms with van der Waals surface area (Å²) >= 11 is 0. The summed E-state index contributed by atoms with van der Waals surface area (Å²) in [7, 11) is 0. The number of aromatic nitrogens is 2. The summed E-state index contributed by atoms with van der Waals surface area (Å²) in [6.45, 7) is 3.48. The molecule has 1 aliphatic heterocycles. The van der Waals surface area contributed by atoms with Crippen LogP contribution in [-0.4, -0.2) is 45.2 Å². The zero-order chi connectivity index (χ0) is 16.1. The number of ether oxygens (including phenoxy) is 1. The standard InChI is InChI=1S/C17H21N3O3/c21-17(22)15-5-7-20(12-15)11-14-3-1-2-4-16(14)23-10-9-19-8-6-18-13-19/h1-4,6,8,13,15H,5,7,9-12H2,(H,21,22). The highest BCUT2D eigenvalue weighted by Gasteiger charge is 2.28. The quantitative estimate of drug-likeness (QED) is 0.845. The van der Waals surface area contributed by atoms with Crippen LogP contribution in [0, 0.1) is 5.92 Å². The van der Waals surface area contributed by atoms with E-state index in [0.717, 1.165) is 37.4 Å². The number of nitrogens with zero attached hydrogens (tertiary/aromatic N) is 3. The van der Waals surface area contributed by atoms with Crippen LogP contribution in [0.3, 0.4) is 0 Å². The summed E-state index contributed by atoms with van der Waals surface area (Å²) in [5.74, 6) is -0.0759. The van der Waals surface area contributed by atoms with Crippen LogP contribution in [0.25, 0.3) is 0 Å². The largest absolute Gasteiger partial charge is 0.491 e. The molecular weight excluding hydrogens is 294 g/mol. The molecule has 1 unspecified atom stereocenters. The van der Waals surface area contributed by atoms with Crippen molar-refractivity contribution >= 4 is 5.97 Å². The van der Waals surface area contributed by atoms with Crippen molar-refractivity contribution in [2.24, 2.45) is 5.92 Å². The smallest absolute Gasteiger partial charge is 0.307 e. The normalized spacial score (nSPS) is 18.2. The Balaban J connectivity index is 1.56. The third-order valence-corrected chi connectivity index (χ3v) is 4.15. The Kier molecular flexibility index (Phi) is 4.92. The maximum absolute atomic E-state index is 11.1. The second kappa shape index (κ2) is 7.28. The van der Waals surface area contributed by atoms with Crippen LogP contribution in [0.4, 0.5) is 0 Å². The average molecular weight is 315 g/mol. The first-order valence-electron chi connectivity index (χ1n) is 7.84. The molecule has 122 valence electrons. The molecule has 1 atom stereocenters. The molecule has 0 spiro atoms. The molecule has 1 saturated heterocycles. The zero-order valence-electron chi connectivity index (χ0n) is 13.0. The number of carboxylic acid groups (broad SMARTS) is 1. The summed E-state index contributed by atoms with van der Waals surface area (Å²) in [5.41, 5.74) is 1.10. The molecule has 2 heterocycles. The highest BCUT2D eigenvalue weighted by molar-refractivity contribution is 5.70. The van der Waals surface area contributed by atoms with Gasteiger partial charge in [-0.1, -0.05) is 18.2 Å². The molecule has 2 aromatic rings. The van der Waals surface area contributed by atoms with Crippen LogP contribution in [-0.2, 0) is 17.9 Å². The second-order valence-electron chi connectivity index (χ2n) is 5.82. The minimum atomic E-state index is -0.697. The Morgan fingerprint density at radius 3 is 3.00 bits per heavy atom. The number of hydrogen-bond donors (Lipinski definition) is 1. The predicted molar refractivity (Wildman–Crippen MR) is 85.2 cm³/mol. The van der Waals surface area contributed by atoms with E-state index in [4.69, 9.17) is 9.84 Å². The minimum Gasteiger partial charge on any atom is -0.491 e. The molecule has 0 radical (unpaired) electrons. The lowest BCUT2D eigenvalue weighted by Gasteiger charge is -2.18. The molecule has 1 N–H and O–H groups in total. The molecule has 0 bridgehead atoms. The van der Waals surface area contributed by atoms with Gasteiger partial charge in [-0.3, -0.25) is 9.69 Å². The number of carbonyl (C=O) groups is 1. The molecule has 0 amide bonds. The Morgan fingerprint density at radius 2 is 2.26 bits per heavy atom. The van der Waals surface area contributed by atoms with E-state index in [9.17, 15) is 4.79 Å². The van der Waals surface area contributed by atoms with E-state index in [1.807, 2.05) is 35.0 Å². The van der Waals surface area contributed by atoms with E-state index < -0.39 is 5.97 Å². The molecule has 3 rings (SSSR count). The number of hydrogen-bond acceptors (Lipinski definition) is 4. The topological polar surface area (TPSA) is 67.6 Å². The number of carboxylic acids is 1. The average Bonchev–Trinajstić information content (AvgIpc) is 3.20. The maximum Gasteiger partial charge on any atom is 0.307 e. The van der Waals surface area contributed by atoms with Gasteiger partial charge in [-0.2, -0.15) is 0 Å². The van der Waals surface area contributed by atoms with E-state index in [1.54, 1.807) is 12.5 Å². The van der Waals surface area contributed by atoms with Crippen LogP contribution in [0.5, 0.6) is 5.75 Å². The Labute approximate surface area is 135 Å². The lowest BCUT2D eigenvalue weighted by molar-refractivity contribution is -0.141. The molecule has 1 fully saturated rings. The molecule has 6 heteroatoms. The molecule has 23 heavy (non-hydrogen) atoms. The minimum absolute atomic E-state index is 0.246. The zero-order valence-corrected chi connectivity index (χ0v) is 13.0. The van der Waals surface area contributed by atoms with Gasteiger partial charge in [0.15, 0.2) is 0 Å². The van der Waals surface area contributed by atoms with Crippen LogP contribution in [0.2, 0.25) is 0 Å². The van der Waals surface area contributed by atoms with Crippen LogP contribution in [0.1, 0.15) is 12.0 Å². The van der Waals surface area contributed by atoms with E-state index in [2.05, 4.69) is 9.88 Å². The number of para-hydroxylation sites is 1. The highest BCUT2D eigenvalue weighted by atomic mass is 16.5. The van der Waals surface area contributed by atoms with Crippen molar-refractivity contribution < 1.29 is 14.6 Å². The SMILES string of the molecule is O=C(O)C1CCN(Cc2ccccc2OCCn2ccnc2)C1. The van der Waals surface area contributed by atoms with Gasteiger partial charge in [-0.15, -0.1) is 0 Å². The van der Waals surface area contributed by atoms with Crippen molar-refractivity contribution in [2.75, 3.05) is 19.7 Å². The number of likely N-dealkylation sites (tertiary alicyclic amines) is 1. The van der Waals surface area contributed by atoms with Gasteiger partial charge in [0.1, 0.15) is 12.4 Å². The Hall–Kier alpha value is -2.34. The molecule has 0 saturated carbocycles. The van der Waals surface area contributed by atoms with Crippen molar-refractivity contribution in [1.82, 2.24) is 14.5 Å². The van der Waals surface area contributed by atoms with E-state index in [-0.39, 0.29) is 5.92 Å². The fourth-order valence-electron chi connectivity index (χ4n) is 2.87. The fraction of sp³-hybridized carbons (Fsp3) is 0.412. The van der Waals surface area contributed by atoms with Gasteiger partial charge in [0.05, 0.1) is 18.8 Å². The Morgan fingerprint density at radius 1 is 1.39 bits per heavy atom. The van der Waals surface area contributed by atoms with Gasteiger partial charge in [-0.05, 0) is 19.0 Å². The maximum atomic E-state index is 11.1. The van der Waals surface area contributed by atoms with Crippen LogP contribution >= 0.6 is 0 Å². The van der Waals surface area contributed by atoms with Gasteiger partial charge in [0, 0.05) is 31.0 Å². The lowest BCUT2D eigenvalue weighted by atomic mass is 10.1. The first kappa shape index (κ1) is 15.6. The highest BCUT2D eigenvalue weighted by Crippen LogP contribution is 2.24. The number of benzene rings is 1. The first-order chi connectivity index (χ1) is 11.2. The Bertz CT molecular complexity index is 642. The van der Waals surface area contributed by atoms with Gasteiger partial charge in [0.2, 0.25) is 0 Å². The number of rotatable bonds is 7. The van der Waals surface area contributed by atoms with Gasteiger partial charge < -0.3 is 14.4 Å². The van der Waals surface area contributed by atoms with Crippen molar-refractivity contribution in [1.29, 1.82) is 0 Å². The van der Waals surface area contributed by atoms with Gasteiger partial charge >= 0.3 is 5.97 Å². The summed E-state index contributed by atoms with van der Waals surface area (Å²) in [5, 5.41) is 9.10. The summed E-state index contributed by atoms with van der Waals surface area (Å²) in [4.78, 5) is 17.2. The summed E-state index contributed by atoms with van der Waals surface area (Å²) in [6.07, 6.45) is 6.15. The van der Waals surface area contributed by atoms with Crippen molar-refractivity contribution in [3.63, 3.8) is 0 Å². The molecule has 0 aliphatic carbocycles. The van der Waals surface area contributed by atoms with E-state index in [1.165, 1.54) is 0 Å². The molecule has 1 aromatic heterocycles. The predicted octanol–water partition coefficient (Wildman–Crippen LogP) is 1.87. The van der Waals surface area contributed by atoms with Crippen molar-refractivity contribution in [3.05, 3.63) is 48.5 Å². The summed E-state index contributed by atoms with van der Waals surface area (Å²) < 4.78 is 7.88. The second-order valence-corrected chi connectivity index (χ2v) is 5.82. The molecular formula is C17H21N3O3.